The van der Waals surface area contributed by atoms with Gasteiger partial charge in [0.25, 0.3) is 0 Å². The van der Waals surface area contributed by atoms with E-state index in [9.17, 15) is 0 Å². The molecule has 0 aliphatic heterocycles. The van der Waals surface area contributed by atoms with Crippen molar-refractivity contribution >= 4 is 34.8 Å². The summed E-state index contributed by atoms with van der Waals surface area (Å²) in [5, 5.41) is 5.22. The van der Waals surface area contributed by atoms with Crippen molar-refractivity contribution in [2.24, 2.45) is 5.92 Å². The summed E-state index contributed by atoms with van der Waals surface area (Å²) in [7, 11) is 0. The first kappa shape index (κ1) is 14.5. The lowest BCUT2D eigenvalue weighted by molar-refractivity contribution is 0.477. The van der Waals surface area contributed by atoms with E-state index in [1.165, 1.54) is 32.1 Å². The second kappa shape index (κ2) is 7.00. The van der Waals surface area contributed by atoms with Crippen LogP contribution in [-0.2, 0) is 6.54 Å². The van der Waals surface area contributed by atoms with Gasteiger partial charge < -0.3 is 5.32 Å². The molecular weight excluding hydrogens is 289 g/mol. The predicted octanol–water partition coefficient (Wildman–Crippen LogP) is 5.32. The van der Waals surface area contributed by atoms with Crippen LogP contribution in [0.25, 0.3) is 0 Å². The molecule has 2 rings (SSSR count). The molecule has 0 unspecified atom stereocenters. The number of halogens is 3. The topological polar surface area (TPSA) is 12.0 Å². The summed E-state index contributed by atoms with van der Waals surface area (Å²) in [6.07, 6.45) is 6.82. The van der Waals surface area contributed by atoms with Crippen LogP contribution in [0.4, 0.5) is 0 Å². The Kier molecular flexibility index (Phi) is 5.62. The van der Waals surface area contributed by atoms with Crippen molar-refractivity contribution < 1.29 is 0 Å². The normalized spacial score (nSPS) is 16.4. The molecular formula is C14H18Cl3N. The van der Waals surface area contributed by atoms with Gasteiger partial charge in [0.15, 0.2) is 0 Å². The van der Waals surface area contributed by atoms with Crippen LogP contribution in [0, 0.1) is 5.92 Å². The average molecular weight is 307 g/mol. The van der Waals surface area contributed by atoms with E-state index in [0.29, 0.717) is 21.6 Å². The van der Waals surface area contributed by atoms with Crippen molar-refractivity contribution in [2.75, 3.05) is 6.54 Å². The van der Waals surface area contributed by atoms with Gasteiger partial charge in [-0.15, -0.1) is 0 Å². The third kappa shape index (κ3) is 3.77. The Bertz CT molecular complexity index is 400. The Labute approximate surface area is 124 Å². The van der Waals surface area contributed by atoms with Crippen LogP contribution < -0.4 is 5.32 Å². The van der Waals surface area contributed by atoms with Crippen molar-refractivity contribution in [2.45, 2.75) is 38.6 Å². The highest BCUT2D eigenvalue weighted by atomic mass is 35.5. The largest absolute Gasteiger partial charge is 0.313 e. The Balaban J connectivity index is 1.80. The molecule has 0 atom stereocenters. The van der Waals surface area contributed by atoms with Gasteiger partial charge in [0.05, 0.1) is 10.0 Å². The first-order valence-electron chi connectivity index (χ1n) is 6.51. The maximum Gasteiger partial charge on any atom is 0.0652 e. The van der Waals surface area contributed by atoms with Crippen LogP contribution in [0.15, 0.2) is 12.1 Å². The lowest BCUT2D eigenvalue weighted by atomic mass is 10.0. The van der Waals surface area contributed by atoms with Gasteiger partial charge in [0.2, 0.25) is 0 Å². The fraction of sp³-hybridized carbons (Fsp3) is 0.571. The molecule has 0 saturated heterocycles. The number of rotatable bonds is 5. The molecule has 18 heavy (non-hydrogen) atoms. The van der Waals surface area contributed by atoms with Crippen LogP contribution >= 0.6 is 34.8 Å². The Morgan fingerprint density at radius 2 is 1.72 bits per heavy atom. The van der Waals surface area contributed by atoms with Crippen LogP contribution in [0.2, 0.25) is 15.1 Å². The van der Waals surface area contributed by atoms with E-state index >= 15 is 0 Å². The zero-order valence-corrected chi connectivity index (χ0v) is 12.6. The SMILES string of the molecule is Clc1ccc(Cl)c(CNCCC2CCCC2)c1Cl. The summed E-state index contributed by atoms with van der Waals surface area (Å²) in [5.74, 6) is 0.905. The molecule has 0 bridgehead atoms. The van der Waals surface area contributed by atoms with Gasteiger partial charge in [-0.3, -0.25) is 0 Å². The molecule has 1 aliphatic carbocycles. The Morgan fingerprint density at radius 3 is 2.44 bits per heavy atom. The smallest absolute Gasteiger partial charge is 0.0652 e. The third-order valence-electron chi connectivity index (χ3n) is 3.64. The third-order valence-corrected chi connectivity index (χ3v) is 4.84. The summed E-state index contributed by atoms with van der Waals surface area (Å²) in [6, 6.07) is 3.53. The number of hydrogen-bond donors (Lipinski definition) is 1. The molecule has 1 fully saturated rings. The second-order valence-corrected chi connectivity index (χ2v) is 6.13. The van der Waals surface area contributed by atoms with Crippen molar-refractivity contribution in [1.82, 2.24) is 5.32 Å². The molecule has 1 aliphatic rings. The zero-order chi connectivity index (χ0) is 13.0. The molecule has 1 aromatic rings. The van der Waals surface area contributed by atoms with Crippen molar-refractivity contribution in [3.05, 3.63) is 32.8 Å². The van der Waals surface area contributed by atoms with E-state index in [0.717, 1.165) is 18.0 Å². The minimum absolute atomic E-state index is 0.564. The monoisotopic (exact) mass is 305 g/mol. The first-order valence-corrected chi connectivity index (χ1v) is 7.65. The van der Waals surface area contributed by atoms with E-state index in [2.05, 4.69) is 5.32 Å². The first-order chi connectivity index (χ1) is 8.68. The van der Waals surface area contributed by atoms with Gasteiger partial charge in [-0.25, -0.2) is 0 Å². The van der Waals surface area contributed by atoms with Gasteiger partial charge >= 0.3 is 0 Å². The predicted molar refractivity (Wildman–Crippen MR) is 79.8 cm³/mol. The maximum atomic E-state index is 6.15. The summed E-state index contributed by atoms with van der Waals surface area (Å²) in [5.41, 5.74) is 0.900. The van der Waals surface area contributed by atoms with Crippen molar-refractivity contribution in [1.29, 1.82) is 0 Å². The fourth-order valence-corrected chi connectivity index (χ4v) is 3.23. The molecule has 0 aromatic heterocycles. The maximum absolute atomic E-state index is 6.15. The van der Waals surface area contributed by atoms with E-state index in [1.54, 1.807) is 12.1 Å². The van der Waals surface area contributed by atoms with Crippen LogP contribution in [0.5, 0.6) is 0 Å². The molecule has 0 amide bonds. The molecule has 1 N–H and O–H groups in total. The van der Waals surface area contributed by atoms with Gasteiger partial charge in [0, 0.05) is 17.1 Å². The minimum atomic E-state index is 0.564. The minimum Gasteiger partial charge on any atom is -0.313 e. The van der Waals surface area contributed by atoms with E-state index in [1.807, 2.05) is 0 Å². The van der Waals surface area contributed by atoms with Crippen molar-refractivity contribution in [3.63, 3.8) is 0 Å². The van der Waals surface area contributed by atoms with Crippen molar-refractivity contribution in [3.8, 4) is 0 Å². The molecule has 1 saturated carbocycles. The van der Waals surface area contributed by atoms with Gasteiger partial charge in [-0.2, -0.15) is 0 Å². The number of nitrogens with one attached hydrogen (secondary N) is 1. The van der Waals surface area contributed by atoms with E-state index < -0.39 is 0 Å². The second-order valence-electron chi connectivity index (χ2n) is 4.94. The summed E-state index contributed by atoms with van der Waals surface area (Å²) in [4.78, 5) is 0. The summed E-state index contributed by atoms with van der Waals surface area (Å²) >= 11 is 18.3. The molecule has 1 nitrogen and oxygen atoms in total. The summed E-state index contributed by atoms with van der Waals surface area (Å²) in [6.45, 7) is 1.70. The van der Waals surface area contributed by atoms with Crippen LogP contribution in [0.1, 0.15) is 37.7 Å². The Morgan fingerprint density at radius 1 is 1.06 bits per heavy atom. The van der Waals surface area contributed by atoms with Gasteiger partial charge in [-0.05, 0) is 31.0 Å². The average Bonchev–Trinajstić information content (AvgIpc) is 2.86. The van der Waals surface area contributed by atoms with Gasteiger partial charge in [0.1, 0.15) is 0 Å². The van der Waals surface area contributed by atoms with E-state index in [4.69, 9.17) is 34.8 Å². The lowest BCUT2D eigenvalue weighted by Crippen LogP contribution is -2.17. The van der Waals surface area contributed by atoms with E-state index in [-0.39, 0.29) is 0 Å². The highest BCUT2D eigenvalue weighted by molar-refractivity contribution is 6.44. The van der Waals surface area contributed by atoms with Gasteiger partial charge in [-0.1, -0.05) is 60.5 Å². The molecule has 0 spiro atoms. The summed E-state index contributed by atoms with van der Waals surface area (Å²) < 4.78 is 0. The zero-order valence-electron chi connectivity index (χ0n) is 10.3. The number of benzene rings is 1. The molecule has 4 heteroatoms. The van der Waals surface area contributed by atoms with Crippen LogP contribution in [-0.4, -0.2) is 6.54 Å². The Hall–Kier alpha value is 0.0500. The number of hydrogen-bond acceptors (Lipinski definition) is 1. The molecule has 1 aromatic carbocycles. The fourth-order valence-electron chi connectivity index (χ4n) is 2.55. The molecule has 0 radical (unpaired) electrons. The molecule has 100 valence electrons. The highest BCUT2D eigenvalue weighted by Gasteiger charge is 2.14. The molecule has 0 heterocycles. The van der Waals surface area contributed by atoms with Crippen LogP contribution in [0.3, 0.4) is 0 Å². The lowest BCUT2D eigenvalue weighted by Gasteiger charge is -2.12. The standard InChI is InChI=1S/C14H18Cl3N/c15-12-5-6-13(16)14(17)11(12)9-18-8-7-10-3-1-2-4-10/h5-6,10,18H,1-4,7-9H2. The highest BCUT2D eigenvalue weighted by Crippen LogP contribution is 2.31. The quantitative estimate of drug-likeness (QED) is 0.573.